The topological polar surface area (TPSA) is 100 Å². The van der Waals surface area contributed by atoms with Gasteiger partial charge in [-0.1, -0.05) is 0 Å². The van der Waals surface area contributed by atoms with E-state index in [0.717, 1.165) is 5.69 Å². The average molecular weight is 393 g/mol. The third-order valence-electron chi connectivity index (χ3n) is 3.92. The zero-order valence-corrected chi connectivity index (χ0v) is 17.3. The van der Waals surface area contributed by atoms with Crippen LogP contribution >= 0.6 is 0 Å². The Hall–Kier alpha value is -2.32. The molecule has 1 fully saturated rings. The summed E-state index contributed by atoms with van der Waals surface area (Å²) >= 11 is 0. The maximum atomic E-state index is 12.8. The number of carbonyl (C=O) groups excluding carboxylic acids is 2. The number of anilines is 2. The number of ether oxygens (including phenoxy) is 2. The maximum absolute atomic E-state index is 12.8. The van der Waals surface area contributed by atoms with Crippen LogP contribution in [0.3, 0.4) is 0 Å². The first-order chi connectivity index (χ1) is 12.9. The predicted molar refractivity (Wildman–Crippen MR) is 108 cm³/mol. The molecule has 0 unspecified atom stereocenters. The van der Waals surface area contributed by atoms with E-state index in [0.29, 0.717) is 37.6 Å². The van der Waals surface area contributed by atoms with Gasteiger partial charge in [-0.25, -0.2) is 4.79 Å². The smallest absolute Gasteiger partial charge is 0.412 e. The summed E-state index contributed by atoms with van der Waals surface area (Å²) in [7, 11) is 0. The summed E-state index contributed by atoms with van der Waals surface area (Å²) in [6.45, 7) is 11.2. The van der Waals surface area contributed by atoms with E-state index in [4.69, 9.17) is 9.47 Å². The Kier molecular flexibility index (Phi) is 6.90. The number of benzene rings is 1. The Morgan fingerprint density at radius 2 is 1.82 bits per heavy atom. The molecule has 156 valence electrons. The first kappa shape index (κ1) is 22.0. The van der Waals surface area contributed by atoms with Crippen molar-refractivity contribution >= 4 is 23.4 Å². The van der Waals surface area contributed by atoms with E-state index in [1.165, 1.54) is 0 Å². The molecule has 8 nitrogen and oxygen atoms in total. The fraction of sp³-hybridized carbons (Fsp3) is 0.600. The van der Waals surface area contributed by atoms with Crippen molar-refractivity contribution < 1.29 is 24.2 Å². The van der Waals surface area contributed by atoms with Gasteiger partial charge in [0.05, 0.1) is 24.4 Å². The van der Waals surface area contributed by atoms with Crippen LogP contribution in [0.5, 0.6) is 0 Å². The number of nitrogens with zero attached hydrogens (tertiary/aromatic N) is 1. The Balaban J connectivity index is 2.25. The van der Waals surface area contributed by atoms with Crippen molar-refractivity contribution in [2.24, 2.45) is 0 Å². The summed E-state index contributed by atoms with van der Waals surface area (Å²) < 4.78 is 10.7. The van der Waals surface area contributed by atoms with Crippen LogP contribution in [0.1, 0.15) is 45.0 Å². The summed E-state index contributed by atoms with van der Waals surface area (Å²) in [5.74, 6) is -0.323. The van der Waals surface area contributed by atoms with E-state index in [1.54, 1.807) is 52.8 Å². The normalized spacial score (nSPS) is 15.1. The van der Waals surface area contributed by atoms with Crippen LogP contribution in [0.2, 0.25) is 0 Å². The third-order valence-corrected chi connectivity index (χ3v) is 3.92. The molecule has 0 bridgehead atoms. The van der Waals surface area contributed by atoms with Crippen LogP contribution in [0, 0.1) is 0 Å². The van der Waals surface area contributed by atoms with Crippen LogP contribution in [0.25, 0.3) is 0 Å². The summed E-state index contributed by atoms with van der Waals surface area (Å²) in [5.41, 5.74) is -0.0167. The fourth-order valence-corrected chi connectivity index (χ4v) is 2.69. The monoisotopic (exact) mass is 393 g/mol. The van der Waals surface area contributed by atoms with Crippen LogP contribution in [-0.2, 0) is 9.47 Å². The lowest BCUT2D eigenvalue weighted by molar-refractivity contribution is 0.0635. The zero-order chi connectivity index (χ0) is 20.9. The minimum Gasteiger partial charge on any atom is -0.444 e. The lowest BCUT2D eigenvalue weighted by Gasteiger charge is -2.31. The lowest BCUT2D eigenvalue weighted by atomic mass is 10.1. The molecule has 28 heavy (non-hydrogen) atoms. The Morgan fingerprint density at radius 3 is 2.39 bits per heavy atom. The molecule has 2 amide bonds. The quantitative estimate of drug-likeness (QED) is 0.710. The van der Waals surface area contributed by atoms with Gasteiger partial charge in [0.15, 0.2) is 0 Å². The Labute approximate surface area is 166 Å². The summed E-state index contributed by atoms with van der Waals surface area (Å²) in [5, 5.41) is 15.3. The minimum atomic E-state index is -1.03. The van der Waals surface area contributed by atoms with Crippen molar-refractivity contribution in [3.05, 3.63) is 23.8 Å². The number of carbonyl (C=O) groups is 2. The van der Waals surface area contributed by atoms with Crippen LogP contribution < -0.4 is 15.5 Å². The lowest BCUT2D eigenvalue weighted by Crippen LogP contribution is -2.40. The molecule has 0 saturated carbocycles. The van der Waals surface area contributed by atoms with Gasteiger partial charge >= 0.3 is 6.09 Å². The first-order valence-electron chi connectivity index (χ1n) is 9.42. The number of hydrogen-bond acceptors (Lipinski definition) is 6. The highest BCUT2D eigenvalue weighted by Gasteiger charge is 2.22. The molecule has 1 aromatic rings. The molecule has 1 aromatic carbocycles. The maximum Gasteiger partial charge on any atom is 0.412 e. The first-order valence-corrected chi connectivity index (χ1v) is 9.42. The molecule has 1 saturated heterocycles. The SMILES string of the molecule is CC(C)(O)CNC(=O)c1cc(NC(=O)OC(C)(C)C)ccc1N1CCOCC1. The molecule has 0 atom stereocenters. The molecular formula is C20H31N3O5. The number of aliphatic hydroxyl groups is 1. The van der Waals surface area contributed by atoms with Crippen molar-refractivity contribution in [1.82, 2.24) is 5.32 Å². The van der Waals surface area contributed by atoms with Crippen LogP contribution in [-0.4, -0.2) is 61.2 Å². The number of hydrogen-bond donors (Lipinski definition) is 3. The van der Waals surface area contributed by atoms with Crippen molar-refractivity contribution in [3.63, 3.8) is 0 Å². The number of rotatable bonds is 5. The zero-order valence-electron chi connectivity index (χ0n) is 17.3. The predicted octanol–water partition coefficient (Wildman–Crippen LogP) is 2.37. The fourth-order valence-electron chi connectivity index (χ4n) is 2.69. The molecule has 0 aliphatic carbocycles. The van der Waals surface area contributed by atoms with Gasteiger partial charge in [0.2, 0.25) is 0 Å². The Bertz CT molecular complexity index is 701. The highest BCUT2D eigenvalue weighted by Crippen LogP contribution is 2.26. The second kappa shape index (κ2) is 8.79. The number of amides is 2. The molecule has 1 aliphatic heterocycles. The minimum absolute atomic E-state index is 0.109. The van der Waals surface area contributed by atoms with E-state index < -0.39 is 17.3 Å². The molecule has 0 spiro atoms. The summed E-state index contributed by atoms with van der Waals surface area (Å²) in [6.07, 6.45) is -0.588. The summed E-state index contributed by atoms with van der Waals surface area (Å²) in [6, 6.07) is 5.16. The van der Waals surface area contributed by atoms with E-state index in [9.17, 15) is 14.7 Å². The average Bonchev–Trinajstić information content (AvgIpc) is 2.58. The molecule has 1 heterocycles. The van der Waals surface area contributed by atoms with Gasteiger partial charge in [0, 0.05) is 31.0 Å². The van der Waals surface area contributed by atoms with E-state index in [2.05, 4.69) is 15.5 Å². The van der Waals surface area contributed by atoms with Gasteiger partial charge in [-0.3, -0.25) is 10.1 Å². The molecule has 8 heteroatoms. The van der Waals surface area contributed by atoms with Crippen LogP contribution in [0.15, 0.2) is 18.2 Å². The molecule has 0 aromatic heterocycles. The Morgan fingerprint density at radius 1 is 1.18 bits per heavy atom. The highest BCUT2D eigenvalue weighted by molar-refractivity contribution is 6.01. The van der Waals surface area contributed by atoms with Gasteiger partial charge in [0.1, 0.15) is 5.60 Å². The second-order valence-corrected chi connectivity index (χ2v) is 8.45. The van der Waals surface area contributed by atoms with Crippen molar-refractivity contribution in [2.75, 3.05) is 43.1 Å². The molecule has 0 radical (unpaired) electrons. The largest absolute Gasteiger partial charge is 0.444 e. The van der Waals surface area contributed by atoms with Gasteiger partial charge in [-0.2, -0.15) is 0 Å². The van der Waals surface area contributed by atoms with E-state index in [-0.39, 0.29) is 12.5 Å². The molecule has 2 rings (SSSR count). The number of morpholine rings is 1. The van der Waals surface area contributed by atoms with E-state index in [1.807, 2.05) is 0 Å². The van der Waals surface area contributed by atoms with Gasteiger partial charge in [0.25, 0.3) is 5.91 Å². The van der Waals surface area contributed by atoms with Gasteiger partial charge in [-0.15, -0.1) is 0 Å². The van der Waals surface area contributed by atoms with Crippen molar-refractivity contribution in [3.8, 4) is 0 Å². The molecule has 3 N–H and O–H groups in total. The van der Waals surface area contributed by atoms with Gasteiger partial charge < -0.3 is 24.8 Å². The molecular weight excluding hydrogens is 362 g/mol. The van der Waals surface area contributed by atoms with Gasteiger partial charge in [-0.05, 0) is 52.8 Å². The molecule has 1 aliphatic rings. The van der Waals surface area contributed by atoms with Crippen LogP contribution in [0.4, 0.5) is 16.2 Å². The number of nitrogens with one attached hydrogen (secondary N) is 2. The van der Waals surface area contributed by atoms with Crippen molar-refractivity contribution in [2.45, 2.75) is 45.8 Å². The standard InChI is InChI=1S/C20H31N3O5/c1-19(2,3)28-18(25)22-14-6-7-16(23-8-10-27-11-9-23)15(12-14)17(24)21-13-20(4,5)26/h6-7,12,26H,8-11,13H2,1-5H3,(H,21,24)(H,22,25). The summed E-state index contributed by atoms with van der Waals surface area (Å²) in [4.78, 5) is 26.9. The van der Waals surface area contributed by atoms with Crippen molar-refractivity contribution in [1.29, 1.82) is 0 Å². The third kappa shape index (κ3) is 7.01. The second-order valence-electron chi connectivity index (χ2n) is 8.45. The highest BCUT2D eigenvalue weighted by atomic mass is 16.6. The van der Waals surface area contributed by atoms with E-state index >= 15 is 0 Å².